The number of hydrogen-bond donors (Lipinski definition) is 2. The second kappa shape index (κ2) is 10.4. The van der Waals surface area contributed by atoms with E-state index in [1.165, 1.54) is 11.1 Å². The number of hydrogen-bond acceptors (Lipinski definition) is 3. The molecule has 5 heteroatoms. The fourth-order valence-corrected chi connectivity index (χ4v) is 4.84. The Morgan fingerprint density at radius 3 is 2.53 bits per heavy atom. The van der Waals surface area contributed by atoms with Gasteiger partial charge in [0, 0.05) is 28.9 Å². The van der Waals surface area contributed by atoms with Gasteiger partial charge in [0.05, 0.1) is 5.69 Å². The smallest absolute Gasteiger partial charge is 0.330 e. The van der Waals surface area contributed by atoms with Crippen molar-refractivity contribution in [1.29, 1.82) is 0 Å². The highest BCUT2D eigenvalue weighted by Crippen LogP contribution is 2.37. The molecule has 0 saturated heterocycles. The summed E-state index contributed by atoms with van der Waals surface area (Å²) in [5.41, 5.74) is 7.98. The molecule has 0 fully saturated rings. The van der Waals surface area contributed by atoms with Crippen LogP contribution in [0.1, 0.15) is 40.2 Å². The maximum absolute atomic E-state index is 13.6. The van der Waals surface area contributed by atoms with E-state index in [0.29, 0.717) is 17.7 Å². The molecule has 1 unspecified atom stereocenters. The lowest BCUT2D eigenvalue weighted by Crippen LogP contribution is -2.20. The van der Waals surface area contributed by atoms with Crippen LogP contribution in [0.5, 0.6) is 5.75 Å². The fraction of sp³-hybridized carbons (Fsp3) is 0.152. The summed E-state index contributed by atoms with van der Waals surface area (Å²) in [5, 5.41) is 9.79. The number of H-pyrrole nitrogens is 1. The molecule has 190 valence electrons. The number of phenols is 1. The summed E-state index contributed by atoms with van der Waals surface area (Å²) in [6, 6.07) is 21.1. The molecule has 0 bridgehead atoms. The van der Waals surface area contributed by atoms with Gasteiger partial charge in [-0.25, -0.2) is 4.79 Å². The van der Waals surface area contributed by atoms with Crippen LogP contribution in [0, 0.1) is 20.8 Å². The van der Waals surface area contributed by atoms with E-state index < -0.39 is 0 Å². The van der Waals surface area contributed by atoms with Gasteiger partial charge in [0.2, 0.25) is 0 Å². The zero-order valence-electron chi connectivity index (χ0n) is 21.7. The molecule has 1 aliphatic rings. The molecule has 0 saturated carbocycles. The van der Waals surface area contributed by atoms with Gasteiger partial charge >= 0.3 is 5.69 Å². The molecule has 1 atom stereocenters. The van der Waals surface area contributed by atoms with Crippen LogP contribution in [0.4, 0.5) is 0 Å². The number of aryl methyl sites for hydroxylation is 3. The minimum atomic E-state index is -0.255. The highest BCUT2D eigenvalue weighted by Gasteiger charge is 2.26. The van der Waals surface area contributed by atoms with Crippen LogP contribution in [0.2, 0.25) is 0 Å². The molecule has 2 N–H and O–H groups in total. The number of phenolic OH excluding ortho intramolecular Hbond substituents is 1. The summed E-state index contributed by atoms with van der Waals surface area (Å²) in [4.78, 5) is 29.4. The van der Waals surface area contributed by atoms with Crippen molar-refractivity contribution in [3.05, 3.63) is 135 Å². The SMILES string of the molecule is Cc1ccc(-c2c[nH]c(=O)n2C2=CCC(c3ccc(C)c(C)c3)C(C(=O)/C=C/c3cccc(O)c3)=C2)cc1. The minimum absolute atomic E-state index is 0.136. The number of aromatic hydroxyl groups is 1. The Labute approximate surface area is 222 Å². The maximum Gasteiger partial charge on any atom is 0.330 e. The fourth-order valence-electron chi connectivity index (χ4n) is 4.84. The average molecular weight is 503 g/mol. The van der Waals surface area contributed by atoms with E-state index in [-0.39, 0.29) is 23.1 Å². The molecule has 0 aliphatic heterocycles. The Morgan fingerprint density at radius 1 is 1.00 bits per heavy atom. The number of ketones is 1. The molecule has 0 spiro atoms. The van der Waals surface area contributed by atoms with Crippen LogP contribution < -0.4 is 5.69 Å². The van der Waals surface area contributed by atoms with Crippen molar-refractivity contribution >= 4 is 17.6 Å². The van der Waals surface area contributed by atoms with Crippen molar-refractivity contribution in [2.75, 3.05) is 0 Å². The number of aromatic amines is 1. The van der Waals surface area contributed by atoms with E-state index in [0.717, 1.165) is 27.9 Å². The molecular weight excluding hydrogens is 472 g/mol. The molecular formula is C33H30N2O3. The first-order chi connectivity index (χ1) is 18.3. The largest absolute Gasteiger partial charge is 0.508 e. The number of imidazole rings is 1. The normalized spacial score (nSPS) is 15.4. The Hall–Kier alpha value is -4.64. The van der Waals surface area contributed by atoms with Gasteiger partial charge in [0.15, 0.2) is 5.78 Å². The lowest BCUT2D eigenvalue weighted by atomic mass is 9.81. The molecule has 3 aromatic carbocycles. The molecule has 0 amide bonds. The van der Waals surface area contributed by atoms with Crippen molar-refractivity contribution in [1.82, 2.24) is 9.55 Å². The molecule has 0 radical (unpaired) electrons. The minimum Gasteiger partial charge on any atom is -0.508 e. The highest BCUT2D eigenvalue weighted by atomic mass is 16.3. The van der Waals surface area contributed by atoms with Gasteiger partial charge in [-0.15, -0.1) is 0 Å². The Bertz CT molecular complexity index is 1660. The number of benzene rings is 3. The zero-order valence-corrected chi connectivity index (χ0v) is 21.7. The van der Waals surface area contributed by atoms with Gasteiger partial charge in [-0.3, -0.25) is 9.36 Å². The second-order valence-electron chi connectivity index (χ2n) is 9.83. The van der Waals surface area contributed by atoms with E-state index >= 15 is 0 Å². The second-order valence-corrected chi connectivity index (χ2v) is 9.83. The molecule has 1 aromatic heterocycles. The Morgan fingerprint density at radius 2 is 1.79 bits per heavy atom. The number of carbonyl (C=O) groups is 1. The van der Waals surface area contributed by atoms with Gasteiger partial charge < -0.3 is 10.1 Å². The Kier molecular flexibility index (Phi) is 6.84. The first kappa shape index (κ1) is 25.0. The van der Waals surface area contributed by atoms with Crippen LogP contribution in [-0.4, -0.2) is 20.4 Å². The summed E-state index contributed by atoms with van der Waals surface area (Å²) < 4.78 is 1.63. The zero-order chi connectivity index (χ0) is 26.8. The summed E-state index contributed by atoms with van der Waals surface area (Å²) in [7, 11) is 0. The average Bonchev–Trinajstić information content (AvgIpc) is 3.30. The predicted molar refractivity (Wildman–Crippen MR) is 153 cm³/mol. The topological polar surface area (TPSA) is 75.1 Å². The van der Waals surface area contributed by atoms with Gasteiger partial charge in [-0.2, -0.15) is 0 Å². The Balaban J connectivity index is 1.57. The third-order valence-electron chi connectivity index (χ3n) is 7.14. The maximum atomic E-state index is 13.6. The van der Waals surface area contributed by atoms with Crippen LogP contribution in [0.25, 0.3) is 23.0 Å². The van der Waals surface area contributed by atoms with Crippen LogP contribution in [0.3, 0.4) is 0 Å². The summed E-state index contributed by atoms with van der Waals surface area (Å²) in [6.45, 7) is 6.17. The van der Waals surface area contributed by atoms with E-state index in [1.807, 2.05) is 49.4 Å². The lowest BCUT2D eigenvalue weighted by molar-refractivity contribution is -0.111. The van der Waals surface area contributed by atoms with Crippen LogP contribution in [-0.2, 0) is 4.79 Å². The van der Waals surface area contributed by atoms with Gasteiger partial charge in [-0.05, 0) is 73.7 Å². The van der Waals surface area contributed by atoms with Gasteiger partial charge in [-0.1, -0.05) is 72.3 Å². The number of nitrogens with zero attached hydrogens (tertiary/aromatic N) is 1. The van der Waals surface area contributed by atoms with E-state index in [4.69, 9.17) is 0 Å². The number of nitrogens with one attached hydrogen (secondary N) is 1. The third kappa shape index (κ3) is 5.09. The van der Waals surface area contributed by atoms with Crippen LogP contribution in [0.15, 0.2) is 102 Å². The molecule has 4 aromatic rings. The van der Waals surface area contributed by atoms with Crippen LogP contribution >= 0.6 is 0 Å². The number of aromatic nitrogens is 2. The van der Waals surface area contributed by atoms with Crippen molar-refractivity contribution in [2.24, 2.45) is 0 Å². The van der Waals surface area contributed by atoms with Gasteiger partial charge in [0.25, 0.3) is 0 Å². The molecule has 38 heavy (non-hydrogen) atoms. The quantitative estimate of drug-likeness (QED) is 0.288. The molecule has 5 nitrogen and oxygen atoms in total. The monoisotopic (exact) mass is 502 g/mol. The first-order valence-corrected chi connectivity index (χ1v) is 12.7. The molecule has 1 heterocycles. The van der Waals surface area contributed by atoms with Gasteiger partial charge in [0.1, 0.15) is 5.75 Å². The van der Waals surface area contributed by atoms with Crippen molar-refractivity contribution in [3.8, 4) is 17.0 Å². The highest BCUT2D eigenvalue weighted by molar-refractivity contribution is 6.09. The predicted octanol–water partition coefficient (Wildman–Crippen LogP) is 6.71. The number of rotatable bonds is 6. The summed E-state index contributed by atoms with van der Waals surface area (Å²) in [6.07, 6.45) is 9.41. The molecule has 5 rings (SSSR count). The lowest BCUT2D eigenvalue weighted by Gasteiger charge is -2.24. The number of allylic oxidation sites excluding steroid dienone is 5. The third-order valence-corrected chi connectivity index (χ3v) is 7.14. The van der Waals surface area contributed by atoms with Crippen molar-refractivity contribution in [3.63, 3.8) is 0 Å². The van der Waals surface area contributed by atoms with Crippen molar-refractivity contribution in [2.45, 2.75) is 33.1 Å². The first-order valence-electron chi connectivity index (χ1n) is 12.7. The van der Waals surface area contributed by atoms with E-state index in [9.17, 15) is 14.7 Å². The van der Waals surface area contributed by atoms with E-state index in [2.05, 4.69) is 37.0 Å². The van der Waals surface area contributed by atoms with E-state index in [1.54, 1.807) is 41.1 Å². The summed E-state index contributed by atoms with van der Waals surface area (Å²) >= 11 is 0. The summed E-state index contributed by atoms with van der Waals surface area (Å²) in [5.74, 6) is -0.135. The standard InChI is InChI=1S/C33H30N2O3/c1-21-7-11-25(12-8-21)31-20-34-33(38)35(31)27-14-15-29(26-13-9-22(2)23(3)17-26)30(19-27)32(37)16-10-24-5-4-6-28(36)18-24/h4-14,16-20,29,36H,15H2,1-3H3,(H,34,38)/b16-10+. The van der Waals surface area contributed by atoms with Crippen molar-refractivity contribution < 1.29 is 9.90 Å². The number of carbonyl (C=O) groups excluding carboxylic acids is 1. The molecule has 1 aliphatic carbocycles.